The summed E-state index contributed by atoms with van der Waals surface area (Å²) in [6, 6.07) is 75.4. The maximum absolute atomic E-state index is 2.43. The first kappa shape index (κ1) is 31.6. The normalized spacial score (nSPS) is 11.6. The molecule has 11 rings (SSSR count). The van der Waals surface area contributed by atoms with Gasteiger partial charge in [0.05, 0.1) is 16.7 Å². The smallest absolute Gasteiger partial charge is 0.0547 e. The summed E-state index contributed by atoms with van der Waals surface area (Å²) in [5.41, 5.74) is 11.6. The van der Waals surface area contributed by atoms with Gasteiger partial charge in [-0.3, -0.25) is 0 Å². The number of benzene rings is 9. The van der Waals surface area contributed by atoms with Crippen LogP contribution in [-0.2, 0) is 0 Å². The third kappa shape index (κ3) is 5.32. The molecule has 3 heteroatoms. The van der Waals surface area contributed by atoms with E-state index >= 15 is 0 Å². The second-order valence-corrected chi connectivity index (χ2v) is 15.2. The lowest BCUT2D eigenvalue weighted by molar-refractivity contribution is 1.18. The minimum Gasteiger partial charge on any atom is -0.310 e. The summed E-state index contributed by atoms with van der Waals surface area (Å²) in [6.07, 6.45) is 0. The van der Waals surface area contributed by atoms with Crippen LogP contribution in [0.1, 0.15) is 0 Å². The number of rotatable bonds is 6. The van der Waals surface area contributed by atoms with Crippen molar-refractivity contribution < 1.29 is 0 Å². The van der Waals surface area contributed by atoms with E-state index < -0.39 is 0 Å². The van der Waals surface area contributed by atoms with Gasteiger partial charge in [-0.25, -0.2) is 0 Å². The molecule has 0 fully saturated rings. The number of hydrogen-bond acceptors (Lipinski definition) is 2. The number of aromatic nitrogens is 1. The molecule has 11 aromatic rings. The summed E-state index contributed by atoms with van der Waals surface area (Å²) in [5.74, 6) is 0. The fourth-order valence-corrected chi connectivity index (χ4v) is 9.45. The van der Waals surface area contributed by atoms with Crippen LogP contribution in [-0.4, -0.2) is 4.57 Å². The molecule has 0 aliphatic rings. The lowest BCUT2D eigenvalue weighted by Gasteiger charge is -2.28. The molecule has 0 atom stereocenters. The van der Waals surface area contributed by atoms with Gasteiger partial charge in [0.15, 0.2) is 0 Å². The second kappa shape index (κ2) is 12.9. The highest BCUT2D eigenvalue weighted by molar-refractivity contribution is 7.25. The first-order valence-electron chi connectivity index (χ1n) is 18.8. The van der Waals surface area contributed by atoms with E-state index in [9.17, 15) is 0 Å². The third-order valence-electron chi connectivity index (χ3n) is 11.0. The van der Waals surface area contributed by atoms with E-state index in [4.69, 9.17) is 0 Å². The van der Waals surface area contributed by atoms with Gasteiger partial charge in [0.2, 0.25) is 0 Å². The lowest BCUT2D eigenvalue weighted by Crippen LogP contribution is -2.11. The van der Waals surface area contributed by atoms with Crippen molar-refractivity contribution in [3.05, 3.63) is 206 Å². The van der Waals surface area contributed by atoms with Gasteiger partial charge in [-0.1, -0.05) is 127 Å². The van der Waals surface area contributed by atoms with Gasteiger partial charge >= 0.3 is 0 Å². The highest BCUT2D eigenvalue weighted by atomic mass is 32.1. The Hall–Kier alpha value is -6.94. The quantitative estimate of drug-likeness (QED) is 0.166. The summed E-state index contributed by atoms with van der Waals surface area (Å²) in [4.78, 5) is 2.43. The molecule has 2 nitrogen and oxygen atoms in total. The molecule has 0 aliphatic heterocycles. The first-order valence-corrected chi connectivity index (χ1v) is 19.6. The van der Waals surface area contributed by atoms with Crippen LogP contribution in [0.5, 0.6) is 0 Å². The minimum absolute atomic E-state index is 1.11. The average Bonchev–Trinajstić information content (AvgIpc) is 3.79. The molecule has 0 spiro atoms. The van der Waals surface area contributed by atoms with Crippen molar-refractivity contribution in [3.8, 4) is 27.9 Å². The summed E-state index contributed by atoms with van der Waals surface area (Å²) in [5, 5.41) is 7.55. The van der Waals surface area contributed by atoms with E-state index in [1.54, 1.807) is 0 Å². The van der Waals surface area contributed by atoms with Gasteiger partial charge in [0.25, 0.3) is 0 Å². The van der Waals surface area contributed by atoms with Crippen LogP contribution in [0.25, 0.3) is 80.7 Å². The van der Waals surface area contributed by atoms with Gasteiger partial charge in [-0.05, 0) is 106 Å². The summed E-state index contributed by atoms with van der Waals surface area (Å²) < 4.78 is 5.01. The molecule has 2 heterocycles. The summed E-state index contributed by atoms with van der Waals surface area (Å²) in [7, 11) is 0. The predicted molar refractivity (Wildman–Crippen MR) is 237 cm³/mol. The lowest BCUT2D eigenvalue weighted by atomic mass is 9.94. The van der Waals surface area contributed by atoms with Gasteiger partial charge in [0, 0.05) is 53.6 Å². The van der Waals surface area contributed by atoms with Crippen LogP contribution in [0.4, 0.5) is 17.1 Å². The molecule has 55 heavy (non-hydrogen) atoms. The molecular formula is C52H34N2S. The molecule has 0 unspecified atom stereocenters. The van der Waals surface area contributed by atoms with E-state index in [-0.39, 0.29) is 0 Å². The predicted octanol–water partition coefficient (Wildman–Crippen LogP) is 15.1. The first-order chi connectivity index (χ1) is 27.3. The fourth-order valence-electron chi connectivity index (χ4n) is 8.36. The van der Waals surface area contributed by atoms with Gasteiger partial charge in [-0.2, -0.15) is 0 Å². The van der Waals surface area contributed by atoms with Crippen molar-refractivity contribution in [3.63, 3.8) is 0 Å². The molecular weight excluding hydrogens is 685 g/mol. The van der Waals surface area contributed by atoms with Crippen molar-refractivity contribution >= 4 is 81.1 Å². The van der Waals surface area contributed by atoms with Crippen molar-refractivity contribution in [2.24, 2.45) is 0 Å². The fraction of sp³-hybridized carbons (Fsp3) is 0. The number of para-hydroxylation sites is 3. The summed E-state index contributed by atoms with van der Waals surface area (Å²) in [6.45, 7) is 0. The van der Waals surface area contributed by atoms with Crippen molar-refractivity contribution in [2.45, 2.75) is 0 Å². The second-order valence-electron chi connectivity index (χ2n) is 14.2. The van der Waals surface area contributed by atoms with Crippen LogP contribution >= 0.6 is 11.3 Å². The van der Waals surface area contributed by atoms with Crippen molar-refractivity contribution in [2.75, 3.05) is 4.90 Å². The zero-order valence-corrected chi connectivity index (χ0v) is 30.7. The van der Waals surface area contributed by atoms with Gasteiger partial charge in [0.1, 0.15) is 0 Å². The zero-order valence-electron chi connectivity index (χ0n) is 29.9. The highest BCUT2D eigenvalue weighted by Gasteiger charge is 2.21. The highest BCUT2D eigenvalue weighted by Crippen LogP contribution is 2.46. The summed E-state index contributed by atoms with van der Waals surface area (Å²) >= 11 is 1.86. The molecule has 0 saturated heterocycles. The SMILES string of the molecule is c1ccc(N(c2ccc3sc4ccccc4c3c2)c2ccc(-c3ccc4ccccc4c3)cc2-c2ccc3c4ccccc4n(-c4ccccc4)c3c2)cc1. The van der Waals surface area contributed by atoms with E-state index in [0.29, 0.717) is 0 Å². The van der Waals surface area contributed by atoms with E-state index in [2.05, 4.69) is 216 Å². The maximum atomic E-state index is 2.43. The van der Waals surface area contributed by atoms with Crippen molar-refractivity contribution in [1.82, 2.24) is 4.57 Å². The van der Waals surface area contributed by atoms with Crippen LogP contribution in [0.15, 0.2) is 206 Å². The molecule has 9 aromatic carbocycles. The molecule has 0 radical (unpaired) electrons. The average molecular weight is 719 g/mol. The van der Waals surface area contributed by atoms with E-state index in [1.165, 1.54) is 63.9 Å². The number of anilines is 3. The Bertz CT molecular complexity index is 3210. The van der Waals surface area contributed by atoms with Gasteiger partial charge in [-0.15, -0.1) is 11.3 Å². The maximum Gasteiger partial charge on any atom is 0.0547 e. The molecule has 2 aromatic heterocycles. The Morgan fingerprint density at radius 2 is 1.02 bits per heavy atom. The molecule has 0 aliphatic carbocycles. The Balaban J connectivity index is 1.19. The number of nitrogens with zero attached hydrogens (tertiary/aromatic N) is 2. The molecule has 0 bridgehead atoms. The van der Waals surface area contributed by atoms with E-state index in [0.717, 1.165) is 33.9 Å². The monoisotopic (exact) mass is 718 g/mol. The van der Waals surface area contributed by atoms with Crippen molar-refractivity contribution in [1.29, 1.82) is 0 Å². The minimum atomic E-state index is 1.11. The standard InChI is InChI=1S/C52H34N2S/c1-3-15-40(16-4-1)53(42-27-30-52-47(34-42)45-20-10-12-22-51(45)55-52)49-29-26-38(37-24-23-35-13-7-8-14-36(35)31-37)32-46(49)39-25-28-44-43-19-9-11-21-48(43)54(50(44)33-39)41-17-5-2-6-18-41/h1-34H. The molecule has 258 valence electrons. The zero-order chi connectivity index (χ0) is 36.3. The Labute approximate surface area is 323 Å². The van der Waals surface area contributed by atoms with Gasteiger partial charge < -0.3 is 9.47 Å². The van der Waals surface area contributed by atoms with Crippen LogP contribution in [0.3, 0.4) is 0 Å². The molecule has 0 amide bonds. The number of hydrogen-bond donors (Lipinski definition) is 0. The van der Waals surface area contributed by atoms with Crippen LogP contribution in [0, 0.1) is 0 Å². The van der Waals surface area contributed by atoms with E-state index in [1.807, 2.05) is 11.3 Å². The third-order valence-corrected chi connectivity index (χ3v) is 12.1. The van der Waals surface area contributed by atoms with Crippen LogP contribution < -0.4 is 4.90 Å². The Morgan fingerprint density at radius 3 is 1.89 bits per heavy atom. The Kier molecular flexibility index (Phi) is 7.39. The Morgan fingerprint density at radius 1 is 0.364 bits per heavy atom. The topological polar surface area (TPSA) is 8.17 Å². The number of thiophene rings is 1. The largest absolute Gasteiger partial charge is 0.310 e. The molecule has 0 N–H and O–H groups in total. The number of fused-ring (bicyclic) bond motifs is 7. The van der Waals surface area contributed by atoms with Crippen LogP contribution in [0.2, 0.25) is 0 Å². The molecule has 0 saturated carbocycles.